The number of nitrogens with one attached hydrogen (secondary N) is 1. The van der Waals surface area contributed by atoms with Crippen molar-refractivity contribution in [2.24, 2.45) is 11.8 Å². The van der Waals surface area contributed by atoms with E-state index in [2.05, 4.69) is 17.4 Å². The highest BCUT2D eigenvalue weighted by Crippen LogP contribution is 2.37. The molecule has 2 N–H and O–H groups in total. The maximum Gasteiger partial charge on any atom is 0.306 e. The molecule has 2 rings (SSSR count). The van der Waals surface area contributed by atoms with Gasteiger partial charge in [0.25, 0.3) is 0 Å². The third-order valence-electron chi connectivity index (χ3n) is 3.40. The zero-order valence-corrected chi connectivity index (χ0v) is 10.6. The molecule has 4 heteroatoms. The van der Waals surface area contributed by atoms with Gasteiger partial charge in [0.05, 0.1) is 13.0 Å². The van der Waals surface area contributed by atoms with E-state index in [1.807, 2.05) is 12.1 Å². The number of carboxylic acids is 1. The summed E-state index contributed by atoms with van der Waals surface area (Å²) < 4.78 is 5.10. The van der Waals surface area contributed by atoms with Crippen molar-refractivity contribution in [2.75, 3.05) is 20.2 Å². The summed E-state index contributed by atoms with van der Waals surface area (Å²) in [5.74, 6) is 0.433. The predicted molar refractivity (Wildman–Crippen MR) is 68.8 cm³/mol. The number of hydrogen-bond acceptors (Lipinski definition) is 3. The highest BCUT2D eigenvalue weighted by molar-refractivity contribution is 5.73. The summed E-state index contributed by atoms with van der Waals surface area (Å²) >= 11 is 0. The molecule has 1 aromatic rings. The summed E-state index contributed by atoms with van der Waals surface area (Å²) in [6.45, 7) is 1.70. The van der Waals surface area contributed by atoms with Gasteiger partial charge in [-0.1, -0.05) is 12.1 Å². The van der Waals surface area contributed by atoms with E-state index in [1.54, 1.807) is 7.11 Å². The van der Waals surface area contributed by atoms with Crippen molar-refractivity contribution in [3.63, 3.8) is 0 Å². The molecule has 0 saturated heterocycles. The van der Waals surface area contributed by atoms with E-state index in [4.69, 9.17) is 9.84 Å². The zero-order valence-electron chi connectivity index (χ0n) is 10.6. The first-order valence-electron chi connectivity index (χ1n) is 6.27. The zero-order chi connectivity index (χ0) is 13.0. The van der Waals surface area contributed by atoms with Gasteiger partial charge in [0.1, 0.15) is 5.75 Å². The lowest BCUT2D eigenvalue weighted by Gasteiger charge is -2.05. The van der Waals surface area contributed by atoms with Gasteiger partial charge < -0.3 is 15.2 Å². The third-order valence-corrected chi connectivity index (χ3v) is 3.40. The molecule has 2 atom stereocenters. The van der Waals surface area contributed by atoms with E-state index in [-0.39, 0.29) is 5.92 Å². The summed E-state index contributed by atoms with van der Waals surface area (Å²) in [5, 5.41) is 12.1. The van der Waals surface area contributed by atoms with E-state index in [9.17, 15) is 4.79 Å². The van der Waals surface area contributed by atoms with Gasteiger partial charge in [-0.2, -0.15) is 0 Å². The second-order valence-corrected chi connectivity index (χ2v) is 4.74. The van der Waals surface area contributed by atoms with E-state index >= 15 is 0 Å². The van der Waals surface area contributed by atoms with Gasteiger partial charge in [-0.3, -0.25) is 4.79 Å². The lowest BCUT2D eigenvalue weighted by molar-refractivity contribution is -0.138. The van der Waals surface area contributed by atoms with Gasteiger partial charge in [0, 0.05) is 0 Å². The van der Waals surface area contributed by atoms with Crippen LogP contribution >= 0.6 is 0 Å². The Bertz CT molecular complexity index is 402. The molecule has 0 bridgehead atoms. The number of carboxylic acid groups (broad SMARTS) is 1. The number of benzene rings is 1. The monoisotopic (exact) mass is 249 g/mol. The average molecular weight is 249 g/mol. The molecule has 0 aliphatic heterocycles. The first kappa shape index (κ1) is 12.9. The van der Waals surface area contributed by atoms with Crippen LogP contribution < -0.4 is 10.1 Å². The van der Waals surface area contributed by atoms with Crippen molar-refractivity contribution >= 4 is 5.97 Å². The summed E-state index contributed by atoms with van der Waals surface area (Å²) in [5.41, 5.74) is 1.26. The fraction of sp³-hybridized carbons (Fsp3) is 0.500. The number of hydrogen-bond donors (Lipinski definition) is 2. The number of carbonyl (C=O) groups is 1. The van der Waals surface area contributed by atoms with Gasteiger partial charge in [-0.05, 0) is 49.5 Å². The van der Waals surface area contributed by atoms with Crippen LogP contribution in [0.1, 0.15) is 12.0 Å². The molecule has 18 heavy (non-hydrogen) atoms. The number of ether oxygens (including phenoxy) is 1. The predicted octanol–water partition coefficient (Wildman–Crippen LogP) is 1.55. The lowest BCUT2D eigenvalue weighted by atomic mass is 10.1. The molecule has 1 aliphatic rings. The highest BCUT2D eigenvalue weighted by atomic mass is 16.5. The van der Waals surface area contributed by atoms with Crippen LogP contribution in [0.2, 0.25) is 0 Å². The van der Waals surface area contributed by atoms with E-state index in [0.717, 1.165) is 31.7 Å². The maximum absolute atomic E-state index is 10.6. The summed E-state index contributed by atoms with van der Waals surface area (Å²) in [7, 11) is 1.66. The van der Waals surface area contributed by atoms with Crippen LogP contribution in [0.15, 0.2) is 24.3 Å². The minimum Gasteiger partial charge on any atom is -0.497 e. The normalized spacial score (nSPS) is 21.6. The summed E-state index contributed by atoms with van der Waals surface area (Å²) in [4.78, 5) is 10.6. The Balaban J connectivity index is 1.62. The molecule has 4 nitrogen and oxygen atoms in total. The molecule has 1 aromatic carbocycles. The van der Waals surface area contributed by atoms with E-state index < -0.39 is 5.97 Å². The molecule has 1 saturated carbocycles. The molecule has 98 valence electrons. The number of rotatable bonds is 7. The first-order valence-corrected chi connectivity index (χ1v) is 6.27. The maximum atomic E-state index is 10.6. The Hall–Kier alpha value is -1.55. The molecule has 0 heterocycles. The standard InChI is InChI=1S/C14H19NO3/c1-18-12-4-2-10(3-5-12)6-7-15-9-11-8-13(11)14(16)17/h2-5,11,13,15H,6-9H2,1H3,(H,16,17). The average Bonchev–Trinajstić information content (AvgIpc) is 3.15. The van der Waals surface area contributed by atoms with Crippen molar-refractivity contribution < 1.29 is 14.6 Å². The molecule has 1 fully saturated rings. The number of aliphatic carboxylic acids is 1. The van der Waals surface area contributed by atoms with Crippen molar-refractivity contribution in [2.45, 2.75) is 12.8 Å². The highest BCUT2D eigenvalue weighted by Gasteiger charge is 2.42. The number of methoxy groups -OCH3 is 1. The Kier molecular flexibility index (Phi) is 4.20. The van der Waals surface area contributed by atoms with Crippen LogP contribution in [0.5, 0.6) is 5.75 Å². The topological polar surface area (TPSA) is 58.6 Å². The van der Waals surface area contributed by atoms with Gasteiger partial charge in [-0.25, -0.2) is 0 Å². The molecular weight excluding hydrogens is 230 g/mol. The van der Waals surface area contributed by atoms with Crippen molar-refractivity contribution in [3.05, 3.63) is 29.8 Å². The molecule has 0 aromatic heterocycles. The minimum atomic E-state index is -0.656. The van der Waals surface area contributed by atoms with Gasteiger partial charge in [0.15, 0.2) is 0 Å². The van der Waals surface area contributed by atoms with Crippen LogP contribution in [0.25, 0.3) is 0 Å². The Morgan fingerprint density at radius 2 is 2.17 bits per heavy atom. The van der Waals surface area contributed by atoms with Crippen LogP contribution in [0, 0.1) is 11.8 Å². The first-order chi connectivity index (χ1) is 8.70. The van der Waals surface area contributed by atoms with Crippen LogP contribution in [-0.2, 0) is 11.2 Å². The Morgan fingerprint density at radius 3 is 2.72 bits per heavy atom. The van der Waals surface area contributed by atoms with Crippen molar-refractivity contribution in [1.82, 2.24) is 5.32 Å². The van der Waals surface area contributed by atoms with Crippen molar-refractivity contribution in [3.8, 4) is 5.75 Å². The molecule has 2 unspecified atom stereocenters. The Labute approximate surface area is 107 Å². The molecule has 0 spiro atoms. The molecule has 1 aliphatic carbocycles. The molecule has 0 radical (unpaired) electrons. The second kappa shape index (κ2) is 5.87. The fourth-order valence-corrected chi connectivity index (χ4v) is 2.09. The third kappa shape index (κ3) is 3.47. The lowest BCUT2D eigenvalue weighted by Crippen LogP contribution is -2.21. The van der Waals surface area contributed by atoms with Crippen molar-refractivity contribution in [1.29, 1.82) is 0 Å². The SMILES string of the molecule is COc1ccc(CCNCC2CC2C(=O)O)cc1. The largest absolute Gasteiger partial charge is 0.497 e. The minimum absolute atomic E-state index is 0.113. The van der Waals surface area contributed by atoms with Crippen LogP contribution in [-0.4, -0.2) is 31.3 Å². The smallest absolute Gasteiger partial charge is 0.306 e. The summed E-state index contributed by atoms with van der Waals surface area (Å²) in [6.07, 6.45) is 1.78. The van der Waals surface area contributed by atoms with Crippen LogP contribution in [0.3, 0.4) is 0 Å². The van der Waals surface area contributed by atoms with Crippen LogP contribution in [0.4, 0.5) is 0 Å². The van der Waals surface area contributed by atoms with E-state index in [0.29, 0.717) is 5.92 Å². The summed E-state index contributed by atoms with van der Waals surface area (Å²) in [6, 6.07) is 8.02. The van der Waals surface area contributed by atoms with Gasteiger partial charge in [0.2, 0.25) is 0 Å². The quantitative estimate of drug-likeness (QED) is 0.720. The van der Waals surface area contributed by atoms with E-state index in [1.165, 1.54) is 5.56 Å². The molecule has 0 amide bonds. The van der Waals surface area contributed by atoms with Gasteiger partial charge >= 0.3 is 5.97 Å². The second-order valence-electron chi connectivity index (χ2n) is 4.74. The Morgan fingerprint density at radius 1 is 1.44 bits per heavy atom. The fourth-order valence-electron chi connectivity index (χ4n) is 2.09. The molecular formula is C14H19NO3. The van der Waals surface area contributed by atoms with Gasteiger partial charge in [-0.15, -0.1) is 0 Å².